The summed E-state index contributed by atoms with van der Waals surface area (Å²) >= 11 is 0. The molecule has 0 bridgehead atoms. The molecule has 1 saturated heterocycles. The highest BCUT2D eigenvalue weighted by atomic mass is 16.5. The number of ether oxygens (including phenoxy) is 3. The number of fused-ring (bicyclic) bond motifs is 1. The molecule has 3 aromatic carbocycles. The van der Waals surface area contributed by atoms with Crippen LogP contribution in [-0.4, -0.2) is 103 Å². The van der Waals surface area contributed by atoms with Gasteiger partial charge in [-0.1, -0.05) is 37.3 Å². The van der Waals surface area contributed by atoms with Gasteiger partial charge in [0, 0.05) is 57.3 Å². The minimum atomic E-state index is -0.373. The number of carbonyl (C=O) groups excluding carboxylic acids is 2. The first kappa shape index (κ1) is 33.4. The number of carbonyl (C=O) groups is 2. The zero-order chi connectivity index (χ0) is 32.5. The lowest BCUT2D eigenvalue weighted by atomic mass is 9.99. The minimum Gasteiger partial charge on any atom is -0.488 e. The lowest BCUT2D eigenvalue weighted by Gasteiger charge is -2.38. The Morgan fingerprint density at radius 2 is 1.78 bits per heavy atom. The molecule has 2 N–H and O–H groups in total. The maximum absolute atomic E-state index is 13.8. The Bertz CT molecular complexity index is 1430. The normalized spacial score (nSPS) is 19.5. The van der Waals surface area contributed by atoms with E-state index in [1.807, 2.05) is 49.4 Å². The molecule has 0 aliphatic carbocycles. The van der Waals surface area contributed by atoms with Gasteiger partial charge < -0.3 is 29.5 Å². The lowest BCUT2D eigenvalue weighted by Crippen LogP contribution is -2.49. The molecular formula is C36H46N4O6. The minimum absolute atomic E-state index is 0.00485. The molecule has 0 radical (unpaired) electrons. The van der Waals surface area contributed by atoms with Crippen molar-refractivity contribution in [2.75, 3.05) is 64.9 Å². The first-order valence-electron chi connectivity index (χ1n) is 16.1. The maximum Gasteiger partial charge on any atom is 0.258 e. The van der Waals surface area contributed by atoms with Crippen LogP contribution in [0.4, 0.5) is 5.69 Å². The number of aliphatic hydroxyl groups excluding tert-OH is 1. The van der Waals surface area contributed by atoms with Gasteiger partial charge >= 0.3 is 0 Å². The van der Waals surface area contributed by atoms with Crippen LogP contribution in [-0.2, 0) is 16.1 Å². The second-order valence-corrected chi connectivity index (χ2v) is 12.3. The fourth-order valence-electron chi connectivity index (χ4n) is 5.80. The van der Waals surface area contributed by atoms with Crippen molar-refractivity contribution in [3.63, 3.8) is 0 Å². The van der Waals surface area contributed by atoms with Crippen LogP contribution in [0.15, 0.2) is 72.8 Å². The molecule has 2 heterocycles. The fraction of sp³-hybridized carbons (Fsp3) is 0.444. The van der Waals surface area contributed by atoms with Gasteiger partial charge in [0.05, 0.1) is 31.4 Å². The molecule has 10 heteroatoms. The maximum atomic E-state index is 13.8. The number of benzene rings is 3. The van der Waals surface area contributed by atoms with Crippen molar-refractivity contribution in [3.8, 4) is 17.2 Å². The van der Waals surface area contributed by atoms with Crippen molar-refractivity contribution < 1.29 is 28.9 Å². The number of likely N-dealkylation sites (N-methyl/N-ethyl adjacent to an activating group) is 1. The number of para-hydroxylation sites is 1. The summed E-state index contributed by atoms with van der Waals surface area (Å²) in [5.41, 5.74) is 2.06. The Hall–Kier alpha value is -3.96. The molecule has 3 aromatic rings. The molecule has 1 fully saturated rings. The van der Waals surface area contributed by atoms with Crippen molar-refractivity contribution in [1.29, 1.82) is 0 Å². The van der Waals surface area contributed by atoms with E-state index in [1.165, 1.54) is 0 Å². The van der Waals surface area contributed by atoms with Gasteiger partial charge in [-0.05, 0) is 62.0 Å². The van der Waals surface area contributed by atoms with Crippen LogP contribution in [0.2, 0.25) is 0 Å². The average molecular weight is 631 g/mol. The Morgan fingerprint density at radius 1 is 1.07 bits per heavy atom. The Labute approximate surface area is 271 Å². The number of hydrogen-bond acceptors (Lipinski definition) is 8. The summed E-state index contributed by atoms with van der Waals surface area (Å²) in [6.07, 6.45) is 0.129. The van der Waals surface area contributed by atoms with Crippen molar-refractivity contribution >= 4 is 17.5 Å². The molecule has 2 aliphatic rings. The van der Waals surface area contributed by atoms with E-state index in [0.717, 1.165) is 30.2 Å². The van der Waals surface area contributed by atoms with E-state index in [4.69, 9.17) is 14.2 Å². The summed E-state index contributed by atoms with van der Waals surface area (Å²) in [7, 11) is 2.05. The van der Waals surface area contributed by atoms with E-state index in [1.54, 1.807) is 23.1 Å². The Kier molecular flexibility index (Phi) is 11.7. The predicted octanol–water partition coefficient (Wildman–Crippen LogP) is 4.49. The smallest absolute Gasteiger partial charge is 0.258 e. The summed E-state index contributed by atoms with van der Waals surface area (Å²) < 4.78 is 17.9. The third-order valence-electron chi connectivity index (χ3n) is 8.55. The van der Waals surface area contributed by atoms with Crippen LogP contribution in [0, 0.1) is 5.92 Å². The van der Waals surface area contributed by atoms with Gasteiger partial charge in [0.2, 0.25) is 5.91 Å². The molecule has 0 unspecified atom stereocenters. The molecule has 246 valence electrons. The van der Waals surface area contributed by atoms with Crippen molar-refractivity contribution in [3.05, 3.63) is 83.9 Å². The van der Waals surface area contributed by atoms with Gasteiger partial charge in [-0.2, -0.15) is 0 Å². The second kappa shape index (κ2) is 16.0. The number of amides is 2. The van der Waals surface area contributed by atoms with Gasteiger partial charge in [0.15, 0.2) is 0 Å². The van der Waals surface area contributed by atoms with Gasteiger partial charge in [-0.15, -0.1) is 0 Å². The van der Waals surface area contributed by atoms with E-state index < -0.39 is 0 Å². The number of nitrogens with zero attached hydrogens (tertiary/aromatic N) is 3. The first-order chi connectivity index (χ1) is 22.3. The summed E-state index contributed by atoms with van der Waals surface area (Å²) in [6, 6.07) is 22.6. The predicted molar refractivity (Wildman–Crippen MR) is 177 cm³/mol. The van der Waals surface area contributed by atoms with Crippen LogP contribution >= 0.6 is 0 Å². The Balaban J connectivity index is 1.26. The van der Waals surface area contributed by atoms with Gasteiger partial charge in [-0.3, -0.25) is 19.4 Å². The zero-order valence-electron chi connectivity index (χ0n) is 27.1. The number of hydrogen-bond donors (Lipinski definition) is 2. The largest absolute Gasteiger partial charge is 0.488 e. The number of nitrogens with one attached hydrogen (secondary N) is 1. The monoisotopic (exact) mass is 630 g/mol. The van der Waals surface area contributed by atoms with Crippen molar-refractivity contribution in [1.82, 2.24) is 14.7 Å². The third kappa shape index (κ3) is 9.07. The summed E-state index contributed by atoms with van der Waals surface area (Å²) in [5, 5.41) is 13.0. The highest BCUT2D eigenvalue weighted by molar-refractivity contribution is 6.00. The SMILES string of the molecule is C[C@H](CO)N1C[C@H](C)[C@@H](CN(C)Cc2ccc(Oc3ccccc3)cc2)Oc2ccc(NC(=O)CCN3CCOCC3)cc2C1=O. The van der Waals surface area contributed by atoms with E-state index in [0.29, 0.717) is 62.8 Å². The average Bonchev–Trinajstić information content (AvgIpc) is 3.07. The summed E-state index contributed by atoms with van der Waals surface area (Å²) in [6.45, 7) is 9.19. The van der Waals surface area contributed by atoms with Crippen LogP contribution in [0.25, 0.3) is 0 Å². The molecule has 0 saturated carbocycles. The van der Waals surface area contributed by atoms with Gasteiger partial charge in [0.25, 0.3) is 5.91 Å². The number of morpholine rings is 1. The second-order valence-electron chi connectivity index (χ2n) is 12.3. The Morgan fingerprint density at radius 3 is 2.50 bits per heavy atom. The number of anilines is 1. The van der Waals surface area contributed by atoms with Crippen LogP contribution in [0.5, 0.6) is 17.2 Å². The molecule has 2 amide bonds. The highest BCUT2D eigenvalue weighted by Gasteiger charge is 2.33. The van der Waals surface area contributed by atoms with E-state index >= 15 is 0 Å². The van der Waals surface area contributed by atoms with Crippen LogP contribution in [0.3, 0.4) is 0 Å². The van der Waals surface area contributed by atoms with E-state index in [-0.39, 0.29) is 36.5 Å². The molecule has 10 nitrogen and oxygen atoms in total. The quantitative estimate of drug-likeness (QED) is 0.302. The van der Waals surface area contributed by atoms with E-state index in [9.17, 15) is 14.7 Å². The summed E-state index contributed by atoms with van der Waals surface area (Å²) in [5.74, 6) is 1.70. The fourth-order valence-corrected chi connectivity index (χ4v) is 5.80. The van der Waals surface area contributed by atoms with Crippen LogP contribution < -0.4 is 14.8 Å². The van der Waals surface area contributed by atoms with Crippen molar-refractivity contribution in [2.45, 2.75) is 39.0 Å². The van der Waals surface area contributed by atoms with Crippen molar-refractivity contribution in [2.24, 2.45) is 5.92 Å². The zero-order valence-corrected chi connectivity index (χ0v) is 27.1. The highest BCUT2D eigenvalue weighted by Crippen LogP contribution is 2.31. The standard InChI is InChI=1S/C36H46N4O6/c1-26-22-40(27(2)25-41)36(43)32-21-29(37-35(42)15-16-39-17-19-44-20-18-39)11-14-33(32)46-34(26)24-38(3)23-28-9-12-31(13-10-28)45-30-7-5-4-6-8-30/h4-14,21,26-27,34,41H,15-20,22-25H2,1-3H3,(H,37,42)/t26-,27+,34+/m0/s1. The molecule has 3 atom stereocenters. The molecular weight excluding hydrogens is 584 g/mol. The van der Waals surface area contributed by atoms with E-state index in [2.05, 4.69) is 41.2 Å². The molecule has 0 aromatic heterocycles. The number of rotatable bonds is 12. The first-order valence-corrected chi connectivity index (χ1v) is 16.1. The lowest BCUT2D eigenvalue weighted by molar-refractivity contribution is -0.116. The summed E-state index contributed by atoms with van der Waals surface area (Å²) in [4.78, 5) is 32.7. The van der Waals surface area contributed by atoms with Gasteiger partial charge in [0.1, 0.15) is 23.4 Å². The number of aliphatic hydroxyl groups is 1. The molecule has 0 spiro atoms. The molecule has 5 rings (SSSR count). The topological polar surface area (TPSA) is 104 Å². The molecule has 46 heavy (non-hydrogen) atoms. The van der Waals surface area contributed by atoms with Crippen LogP contribution in [0.1, 0.15) is 36.2 Å². The van der Waals surface area contributed by atoms with Gasteiger partial charge in [-0.25, -0.2) is 0 Å². The third-order valence-corrected chi connectivity index (χ3v) is 8.55. The molecule has 2 aliphatic heterocycles.